The lowest BCUT2D eigenvalue weighted by molar-refractivity contribution is -0.145. The Morgan fingerprint density at radius 1 is 1.35 bits per heavy atom. The maximum Gasteiger partial charge on any atom is 0.324 e. The van der Waals surface area contributed by atoms with Crippen LogP contribution in [0.5, 0.6) is 0 Å². The standard InChI is InChI=1S/C17H18N4O5/c1-11-4-2-6-20-13(22)8-12(19-16(11)20)10-26-15(24)5-3-7-21-14(23)9-18-17(21)25/h2,4,6,8H,3,5,7,9-10H2,1H3,(H,18,25). The number of rotatable bonds is 6. The first-order valence-corrected chi connectivity index (χ1v) is 8.17. The zero-order chi connectivity index (χ0) is 18.7. The summed E-state index contributed by atoms with van der Waals surface area (Å²) in [6.45, 7) is 1.88. The molecule has 0 aliphatic carbocycles. The fourth-order valence-electron chi connectivity index (χ4n) is 2.67. The van der Waals surface area contributed by atoms with Crippen LogP contribution in [0.4, 0.5) is 4.79 Å². The molecule has 0 unspecified atom stereocenters. The Hall–Kier alpha value is -3.23. The molecule has 0 aromatic carbocycles. The number of nitrogens with one attached hydrogen (secondary N) is 1. The summed E-state index contributed by atoms with van der Waals surface area (Å²) in [4.78, 5) is 52.1. The lowest BCUT2D eigenvalue weighted by Crippen LogP contribution is -2.32. The molecular formula is C17H18N4O5. The molecular weight excluding hydrogens is 340 g/mol. The number of esters is 1. The van der Waals surface area contributed by atoms with Gasteiger partial charge in [-0.2, -0.15) is 0 Å². The van der Waals surface area contributed by atoms with E-state index in [9.17, 15) is 19.2 Å². The van der Waals surface area contributed by atoms with Gasteiger partial charge in [0.05, 0.1) is 12.2 Å². The number of aryl methyl sites for hydroxylation is 1. The number of aromatic nitrogens is 2. The fourth-order valence-corrected chi connectivity index (χ4v) is 2.67. The molecule has 9 heteroatoms. The Labute approximate surface area is 148 Å². The molecule has 3 amide bonds. The molecule has 1 aliphatic rings. The summed E-state index contributed by atoms with van der Waals surface area (Å²) in [6.07, 6.45) is 2.00. The normalized spacial score (nSPS) is 14.0. The van der Waals surface area contributed by atoms with Gasteiger partial charge in [-0.1, -0.05) is 6.07 Å². The van der Waals surface area contributed by atoms with Crippen molar-refractivity contribution in [1.29, 1.82) is 0 Å². The Balaban J connectivity index is 1.54. The van der Waals surface area contributed by atoms with E-state index in [0.717, 1.165) is 10.5 Å². The van der Waals surface area contributed by atoms with Crippen LogP contribution in [0.3, 0.4) is 0 Å². The molecule has 0 atom stereocenters. The van der Waals surface area contributed by atoms with Crippen molar-refractivity contribution in [2.75, 3.05) is 13.1 Å². The number of imide groups is 1. The van der Waals surface area contributed by atoms with Gasteiger partial charge in [0, 0.05) is 25.2 Å². The number of fused-ring (bicyclic) bond motifs is 1. The van der Waals surface area contributed by atoms with Crippen LogP contribution < -0.4 is 10.9 Å². The summed E-state index contributed by atoms with van der Waals surface area (Å²) in [5.41, 5.74) is 1.48. The highest BCUT2D eigenvalue weighted by Gasteiger charge is 2.27. The second-order valence-corrected chi connectivity index (χ2v) is 5.94. The Morgan fingerprint density at radius 2 is 2.15 bits per heavy atom. The van der Waals surface area contributed by atoms with Crippen molar-refractivity contribution in [3.8, 4) is 0 Å². The predicted molar refractivity (Wildman–Crippen MR) is 90.3 cm³/mol. The van der Waals surface area contributed by atoms with Crippen LogP contribution in [0.15, 0.2) is 29.2 Å². The number of nitrogens with zero attached hydrogens (tertiary/aromatic N) is 3. The molecule has 1 N–H and O–H groups in total. The number of hydrogen-bond donors (Lipinski definition) is 1. The van der Waals surface area contributed by atoms with Gasteiger partial charge in [0.25, 0.3) is 5.56 Å². The van der Waals surface area contributed by atoms with E-state index in [-0.39, 0.29) is 37.6 Å². The topological polar surface area (TPSA) is 110 Å². The molecule has 3 rings (SSSR count). The Kier molecular flexibility index (Phi) is 4.97. The zero-order valence-corrected chi connectivity index (χ0v) is 14.2. The van der Waals surface area contributed by atoms with Crippen molar-refractivity contribution in [1.82, 2.24) is 19.6 Å². The molecule has 0 spiro atoms. The SMILES string of the molecule is Cc1cccn2c(=O)cc(COC(=O)CCCN3C(=O)CNC3=O)nc12. The van der Waals surface area contributed by atoms with E-state index < -0.39 is 12.0 Å². The summed E-state index contributed by atoms with van der Waals surface area (Å²) in [5, 5.41) is 2.41. The summed E-state index contributed by atoms with van der Waals surface area (Å²) >= 11 is 0. The van der Waals surface area contributed by atoms with Gasteiger partial charge >= 0.3 is 12.0 Å². The number of amides is 3. The minimum absolute atomic E-state index is 0.00807. The van der Waals surface area contributed by atoms with Gasteiger partial charge in [-0.25, -0.2) is 9.78 Å². The maximum absolute atomic E-state index is 12.1. The third-order valence-corrected chi connectivity index (χ3v) is 4.02. The lowest BCUT2D eigenvalue weighted by atomic mass is 10.3. The van der Waals surface area contributed by atoms with E-state index in [4.69, 9.17) is 4.74 Å². The van der Waals surface area contributed by atoms with Crippen LogP contribution in [0, 0.1) is 6.92 Å². The smallest absolute Gasteiger partial charge is 0.324 e. The van der Waals surface area contributed by atoms with Crippen molar-refractivity contribution >= 4 is 23.6 Å². The molecule has 0 saturated carbocycles. The van der Waals surface area contributed by atoms with Crippen LogP contribution >= 0.6 is 0 Å². The number of urea groups is 1. The lowest BCUT2D eigenvalue weighted by Gasteiger charge is -2.11. The molecule has 2 aromatic rings. The number of carbonyl (C=O) groups is 3. The average Bonchev–Trinajstić information content (AvgIpc) is 2.93. The molecule has 0 radical (unpaired) electrons. The largest absolute Gasteiger partial charge is 0.459 e. The monoisotopic (exact) mass is 358 g/mol. The first kappa shape index (κ1) is 17.6. The second-order valence-electron chi connectivity index (χ2n) is 5.94. The Bertz CT molecular complexity index is 920. The van der Waals surface area contributed by atoms with Gasteiger partial charge in [-0.3, -0.25) is 23.7 Å². The fraction of sp³-hybridized carbons (Fsp3) is 0.353. The van der Waals surface area contributed by atoms with E-state index in [2.05, 4.69) is 10.3 Å². The molecule has 26 heavy (non-hydrogen) atoms. The van der Waals surface area contributed by atoms with Gasteiger partial charge in [0.1, 0.15) is 12.3 Å². The summed E-state index contributed by atoms with van der Waals surface area (Å²) < 4.78 is 6.57. The third-order valence-electron chi connectivity index (χ3n) is 4.02. The highest BCUT2D eigenvalue weighted by Crippen LogP contribution is 2.07. The van der Waals surface area contributed by atoms with Crippen LogP contribution in [0.2, 0.25) is 0 Å². The molecule has 9 nitrogen and oxygen atoms in total. The van der Waals surface area contributed by atoms with Crippen molar-refractivity contribution in [2.45, 2.75) is 26.4 Å². The highest BCUT2D eigenvalue weighted by molar-refractivity contribution is 6.01. The van der Waals surface area contributed by atoms with E-state index in [0.29, 0.717) is 17.8 Å². The minimum atomic E-state index is -0.483. The number of carbonyl (C=O) groups excluding carboxylic acids is 3. The van der Waals surface area contributed by atoms with Crippen LogP contribution in [-0.2, 0) is 20.9 Å². The summed E-state index contributed by atoms with van der Waals surface area (Å²) in [6, 6.07) is 4.48. The highest BCUT2D eigenvalue weighted by atomic mass is 16.5. The van der Waals surface area contributed by atoms with Crippen molar-refractivity contribution in [3.05, 3.63) is 46.0 Å². The van der Waals surface area contributed by atoms with Gasteiger partial charge in [0.2, 0.25) is 5.91 Å². The predicted octanol–water partition coefficient (Wildman–Crippen LogP) is 0.378. The minimum Gasteiger partial charge on any atom is -0.459 e. The van der Waals surface area contributed by atoms with Gasteiger partial charge in [-0.05, 0) is 25.0 Å². The van der Waals surface area contributed by atoms with Crippen molar-refractivity contribution < 1.29 is 19.1 Å². The van der Waals surface area contributed by atoms with Gasteiger partial charge in [-0.15, -0.1) is 0 Å². The quantitative estimate of drug-likeness (QED) is 0.590. The molecule has 1 saturated heterocycles. The van der Waals surface area contributed by atoms with Gasteiger partial charge < -0.3 is 10.1 Å². The van der Waals surface area contributed by atoms with E-state index in [1.165, 1.54) is 10.5 Å². The van der Waals surface area contributed by atoms with E-state index >= 15 is 0 Å². The first-order chi connectivity index (χ1) is 12.5. The number of hydrogen-bond acceptors (Lipinski definition) is 6. The molecule has 1 fully saturated rings. The molecule has 1 aliphatic heterocycles. The van der Waals surface area contributed by atoms with Crippen LogP contribution in [-0.4, -0.2) is 45.3 Å². The average molecular weight is 358 g/mol. The van der Waals surface area contributed by atoms with E-state index in [1.54, 1.807) is 12.3 Å². The summed E-state index contributed by atoms with van der Waals surface area (Å²) in [5.74, 6) is -0.789. The molecule has 3 heterocycles. The van der Waals surface area contributed by atoms with Crippen LogP contribution in [0.1, 0.15) is 24.1 Å². The Morgan fingerprint density at radius 3 is 2.88 bits per heavy atom. The number of ether oxygens (including phenoxy) is 1. The molecule has 136 valence electrons. The van der Waals surface area contributed by atoms with Crippen molar-refractivity contribution in [3.63, 3.8) is 0 Å². The van der Waals surface area contributed by atoms with Crippen LogP contribution in [0.25, 0.3) is 5.65 Å². The van der Waals surface area contributed by atoms with Gasteiger partial charge in [0.15, 0.2) is 0 Å². The second kappa shape index (κ2) is 7.34. The first-order valence-electron chi connectivity index (χ1n) is 8.17. The van der Waals surface area contributed by atoms with E-state index in [1.807, 2.05) is 13.0 Å². The molecule has 0 bridgehead atoms. The molecule has 2 aromatic heterocycles. The number of pyridine rings is 1. The third kappa shape index (κ3) is 3.71. The van der Waals surface area contributed by atoms with Crippen molar-refractivity contribution in [2.24, 2.45) is 0 Å². The maximum atomic E-state index is 12.1. The summed E-state index contributed by atoms with van der Waals surface area (Å²) in [7, 11) is 0. The zero-order valence-electron chi connectivity index (χ0n) is 14.2.